The highest BCUT2D eigenvalue weighted by atomic mass is 127. The summed E-state index contributed by atoms with van der Waals surface area (Å²) in [4.78, 5) is 0. The molecular weight excluding hydrogens is 812 g/mol. The van der Waals surface area contributed by atoms with Crippen molar-refractivity contribution < 1.29 is 69.4 Å². The highest BCUT2D eigenvalue weighted by Gasteiger charge is 2.32. The van der Waals surface area contributed by atoms with E-state index in [1.54, 1.807) is 0 Å². The van der Waals surface area contributed by atoms with Crippen molar-refractivity contribution >= 4 is 56.8 Å². The van der Waals surface area contributed by atoms with Crippen molar-refractivity contribution in [2.24, 2.45) is 0 Å². The highest BCUT2D eigenvalue weighted by molar-refractivity contribution is 7.79. The molecular formula is C24H12Cl4I2O6S. The maximum atomic E-state index is 8.52. The second-order valence-electron chi connectivity index (χ2n) is 7.10. The SMILES string of the molecule is Clc1ccc2c(c1)[I+]c1cc(Cl)ccc1O2.Clc1ccc2c(c1)[I+]c1cc(Cl)ccc1O2.O=S(=O)([O-])[O-]. The standard InChI is InChI=1S/2C12H6Cl2IO.H2O4S/c2*13-7-1-3-11-9(5-7)15-10-6-8(14)2-4-12(10)16-11;1-5(2,3)4/h2*1-6H;(H2,1,2,3,4)/q2*+1;/p-2. The Morgan fingerprint density at radius 1 is 0.514 bits per heavy atom. The minimum Gasteiger partial charge on any atom is -0.759 e. The van der Waals surface area contributed by atoms with E-state index in [-0.39, 0.29) is 42.4 Å². The van der Waals surface area contributed by atoms with Gasteiger partial charge in [0.2, 0.25) is 14.3 Å². The molecule has 0 radical (unpaired) electrons. The molecule has 0 fully saturated rings. The molecule has 0 saturated heterocycles. The molecule has 0 saturated carbocycles. The van der Waals surface area contributed by atoms with Crippen LogP contribution in [0.25, 0.3) is 0 Å². The third-order valence-electron chi connectivity index (χ3n) is 4.42. The minimum absolute atomic E-state index is 0.252. The van der Waals surface area contributed by atoms with Crippen LogP contribution in [-0.4, -0.2) is 17.5 Å². The fourth-order valence-corrected chi connectivity index (χ4v) is 9.85. The van der Waals surface area contributed by atoms with Crippen LogP contribution in [0.1, 0.15) is 0 Å². The Morgan fingerprint density at radius 2 is 0.730 bits per heavy atom. The zero-order valence-corrected chi connectivity index (χ0v) is 26.2. The van der Waals surface area contributed by atoms with Gasteiger partial charge in [-0.05, 0) is 48.5 Å². The van der Waals surface area contributed by atoms with E-state index in [4.69, 9.17) is 73.4 Å². The number of halogens is 6. The van der Waals surface area contributed by atoms with E-state index >= 15 is 0 Å². The van der Waals surface area contributed by atoms with Gasteiger partial charge in [-0.15, -0.1) is 0 Å². The molecule has 4 aromatic rings. The van der Waals surface area contributed by atoms with E-state index < -0.39 is 10.4 Å². The van der Waals surface area contributed by atoms with Gasteiger partial charge in [0.05, 0.1) is 0 Å². The Bertz CT molecular complexity index is 1370. The van der Waals surface area contributed by atoms with Gasteiger partial charge in [-0.2, -0.15) is 0 Å². The average Bonchev–Trinajstić information content (AvgIpc) is 2.81. The molecule has 0 amide bonds. The lowest BCUT2D eigenvalue weighted by atomic mass is 10.3. The first-order valence-corrected chi connectivity index (χ1v) is 17.1. The second kappa shape index (κ2) is 12.4. The van der Waals surface area contributed by atoms with Crippen molar-refractivity contribution in [3.05, 3.63) is 107 Å². The van der Waals surface area contributed by atoms with Crippen LogP contribution in [0.4, 0.5) is 0 Å². The predicted molar refractivity (Wildman–Crippen MR) is 131 cm³/mol. The molecule has 6 rings (SSSR count). The molecule has 0 atom stereocenters. The number of rotatable bonds is 0. The molecule has 0 N–H and O–H groups in total. The fraction of sp³-hybridized carbons (Fsp3) is 0. The largest absolute Gasteiger partial charge is 0.759 e. The van der Waals surface area contributed by atoms with Gasteiger partial charge in [-0.3, -0.25) is 8.42 Å². The average molecular weight is 824 g/mol. The number of hydrogen-bond donors (Lipinski definition) is 0. The van der Waals surface area contributed by atoms with Gasteiger partial charge < -0.3 is 18.6 Å². The zero-order valence-electron chi connectivity index (χ0n) is 18.1. The molecule has 192 valence electrons. The van der Waals surface area contributed by atoms with Gasteiger partial charge in [0.1, 0.15) is 0 Å². The Balaban J connectivity index is 0.000000147. The fourth-order valence-electron chi connectivity index (χ4n) is 2.98. The Labute approximate surface area is 253 Å². The van der Waals surface area contributed by atoms with E-state index in [0.29, 0.717) is 0 Å². The molecule has 37 heavy (non-hydrogen) atoms. The molecule has 0 unspecified atom stereocenters. The zero-order chi connectivity index (χ0) is 26.7. The van der Waals surface area contributed by atoms with Gasteiger partial charge >= 0.3 is 42.4 Å². The van der Waals surface area contributed by atoms with Gasteiger partial charge in [0.15, 0.2) is 23.0 Å². The lowest BCUT2D eigenvalue weighted by Gasteiger charge is -2.10. The quantitative estimate of drug-likeness (QED) is 0.130. The first kappa shape index (κ1) is 29.0. The summed E-state index contributed by atoms with van der Waals surface area (Å²) < 4.78 is 50.5. The summed E-state index contributed by atoms with van der Waals surface area (Å²) in [5, 5.41) is 3.03. The molecule has 0 aliphatic carbocycles. The van der Waals surface area contributed by atoms with Crippen molar-refractivity contribution in [3.63, 3.8) is 0 Å². The van der Waals surface area contributed by atoms with Crippen molar-refractivity contribution in [2.75, 3.05) is 0 Å². The highest BCUT2D eigenvalue weighted by Crippen LogP contribution is 2.28. The van der Waals surface area contributed by atoms with Crippen LogP contribution in [0.5, 0.6) is 23.0 Å². The van der Waals surface area contributed by atoms with E-state index in [9.17, 15) is 0 Å². The first-order chi connectivity index (χ1) is 17.4. The van der Waals surface area contributed by atoms with Crippen LogP contribution in [0.3, 0.4) is 0 Å². The third-order valence-corrected chi connectivity index (χ3v) is 11.1. The summed E-state index contributed by atoms with van der Waals surface area (Å²) in [6.45, 7) is 0. The molecule has 13 heteroatoms. The maximum Gasteiger partial charge on any atom is 0.366 e. The van der Waals surface area contributed by atoms with Gasteiger partial charge in [0.25, 0.3) is 0 Å². The molecule has 0 aromatic heterocycles. The van der Waals surface area contributed by atoms with Gasteiger partial charge in [-0.1, -0.05) is 46.4 Å². The van der Waals surface area contributed by atoms with E-state index in [0.717, 1.165) is 43.1 Å². The predicted octanol–water partition coefficient (Wildman–Crippen LogP) is 1.12. The summed E-state index contributed by atoms with van der Waals surface area (Å²) in [5.41, 5.74) is 0. The van der Waals surface area contributed by atoms with Crippen LogP contribution in [0, 0.1) is 14.3 Å². The third kappa shape index (κ3) is 8.48. The number of fused-ring (bicyclic) bond motifs is 4. The summed E-state index contributed by atoms with van der Waals surface area (Å²) in [6.07, 6.45) is 0. The summed E-state index contributed by atoms with van der Waals surface area (Å²) in [5.74, 6) is 3.69. The second-order valence-corrected chi connectivity index (χ2v) is 15.4. The van der Waals surface area contributed by atoms with Crippen molar-refractivity contribution in [1.29, 1.82) is 0 Å². The Kier molecular flexibility index (Phi) is 9.73. The lowest BCUT2D eigenvalue weighted by Crippen LogP contribution is -3.62. The van der Waals surface area contributed by atoms with Crippen molar-refractivity contribution in [1.82, 2.24) is 0 Å². The molecule has 6 nitrogen and oxygen atoms in total. The minimum atomic E-state index is -5.17. The topological polar surface area (TPSA) is 98.7 Å². The number of benzene rings is 4. The van der Waals surface area contributed by atoms with Crippen molar-refractivity contribution in [3.8, 4) is 23.0 Å². The molecule has 0 bridgehead atoms. The van der Waals surface area contributed by atoms with Crippen LogP contribution in [0.15, 0.2) is 72.8 Å². The van der Waals surface area contributed by atoms with Crippen LogP contribution < -0.4 is 51.9 Å². The van der Waals surface area contributed by atoms with Crippen LogP contribution >= 0.6 is 46.4 Å². The monoisotopic (exact) mass is 822 g/mol. The lowest BCUT2D eigenvalue weighted by molar-refractivity contribution is -0.603. The molecule has 0 spiro atoms. The van der Waals surface area contributed by atoms with E-state index in [1.807, 2.05) is 72.8 Å². The maximum absolute atomic E-state index is 8.52. The smallest absolute Gasteiger partial charge is 0.366 e. The normalized spacial score (nSPS) is 12.5. The van der Waals surface area contributed by atoms with Gasteiger partial charge in [0, 0.05) is 54.8 Å². The number of ether oxygens (including phenoxy) is 2. The summed E-state index contributed by atoms with van der Waals surface area (Å²) in [6, 6.07) is 23.0. The molecule has 2 aliphatic rings. The van der Waals surface area contributed by atoms with Gasteiger partial charge in [-0.25, -0.2) is 0 Å². The molecule has 4 aromatic carbocycles. The van der Waals surface area contributed by atoms with Crippen LogP contribution in [0.2, 0.25) is 20.1 Å². The summed E-state index contributed by atoms with van der Waals surface area (Å²) >= 11 is 23.4. The van der Waals surface area contributed by atoms with E-state index in [1.165, 1.54) is 14.3 Å². The molecule has 2 heterocycles. The molecule has 2 aliphatic heterocycles. The number of hydrogen-bond acceptors (Lipinski definition) is 6. The van der Waals surface area contributed by atoms with Crippen LogP contribution in [-0.2, 0) is 10.4 Å². The van der Waals surface area contributed by atoms with Crippen molar-refractivity contribution in [2.45, 2.75) is 0 Å². The Morgan fingerprint density at radius 3 is 0.946 bits per heavy atom. The first-order valence-electron chi connectivity index (χ1n) is 9.95. The summed E-state index contributed by atoms with van der Waals surface area (Å²) in [7, 11) is -5.17. The van der Waals surface area contributed by atoms with E-state index in [2.05, 4.69) is 0 Å². The Hall–Kier alpha value is -1.03.